The standard InChI is InChI=1S/C55H68F2N10O3/c1-6-42-45(56)9-8-39-24-34(2)25-43(46(39)42)48-47(57)49-44(30-59-48)50(66-18-7-12-55(32-66)17-23-70-55)63-52(62-49)69-33-54(13-14-54)31-64-21-15-53(16-22-64)27-41(28-53)65-19-10-38(11-20-65)40-26-35(3)67(60-29-40)36(4)51(68)61-37(5)58/h8-9,24-26,29-30,36,38,41H,3,6-7,10-23,27-28,31-33H2,1-2,4-5H3,(H2,58,61,68)/t36?,55-/m0/s1. The molecule has 70 heavy (non-hydrogen) atoms. The van der Waals surface area contributed by atoms with E-state index in [2.05, 4.69) is 37.8 Å². The number of fused-ring (bicyclic) bond motifs is 2. The number of nitrogens with zero attached hydrogens (tertiary/aromatic N) is 8. The van der Waals surface area contributed by atoms with E-state index in [1.165, 1.54) is 37.3 Å². The number of allylic oxidation sites excluding steroid dienone is 2. The van der Waals surface area contributed by atoms with E-state index in [0.717, 1.165) is 102 Å². The van der Waals surface area contributed by atoms with Gasteiger partial charge in [0.1, 0.15) is 28.9 Å². The third-order valence-corrected chi connectivity index (χ3v) is 17.2. The Hall–Kier alpha value is -5.38. The van der Waals surface area contributed by atoms with Crippen LogP contribution in [0, 0.1) is 40.7 Å². The molecule has 2 aromatic heterocycles. The topological polar surface area (TPSA) is 135 Å². The molecule has 2 N–H and O–H groups in total. The van der Waals surface area contributed by atoms with Crippen molar-refractivity contribution in [2.24, 2.45) is 21.8 Å². The quantitative estimate of drug-likeness (QED) is 0.105. The Labute approximate surface area is 410 Å². The second-order valence-electron chi connectivity index (χ2n) is 22.1. The summed E-state index contributed by atoms with van der Waals surface area (Å²) in [5.74, 6) is 0.0463. The molecule has 2 saturated carbocycles. The van der Waals surface area contributed by atoms with Crippen LogP contribution in [0.5, 0.6) is 6.01 Å². The van der Waals surface area contributed by atoms with Crippen LogP contribution in [0.1, 0.15) is 103 Å². The molecule has 5 aliphatic heterocycles. The summed E-state index contributed by atoms with van der Waals surface area (Å²) < 4.78 is 45.3. The van der Waals surface area contributed by atoms with Crippen molar-refractivity contribution in [1.29, 1.82) is 5.41 Å². The fourth-order valence-electron chi connectivity index (χ4n) is 12.8. The van der Waals surface area contributed by atoms with Crippen LogP contribution in [0.25, 0.3) is 32.9 Å². The van der Waals surface area contributed by atoms with Gasteiger partial charge in [0.05, 0.1) is 41.9 Å². The van der Waals surface area contributed by atoms with Gasteiger partial charge in [-0.15, -0.1) is 0 Å². The first-order chi connectivity index (χ1) is 33.7. The Morgan fingerprint density at radius 3 is 2.50 bits per heavy atom. The highest BCUT2D eigenvalue weighted by Crippen LogP contribution is 2.53. The van der Waals surface area contributed by atoms with Gasteiger partial charge in [0.15, 0.2) is 5.82 Å². The lowest BCUT2D eigenvalue weighted by Crippen LogP contribution is -2.56. The highest BCUT2D eigenvalue weighted by molar-refractivity contribution is 6.01. The number of nitrogens with one attached hydrogen (secondary N) is 2. The Balaban J connectivity index is 0.728. The number of anilines is 1. The van der Waals surface area contributed by atoms with E-state index in [0.29, 0.717) is 70.4 Å². The summed E-state index contributed by atoms with van der Waals surface area (Å²) in [6.45, 7) is 19.4. The summed E-state index contributed by atoms with van der Waals surface area (Å²) in [6.07, 6.45) is 18.4. The van der Waals surface area contributed by atoms with E-state index < -0.39 is 11.9 Å². The molecule has 0 radical (unpaired) electrons. The van der Waals surface area contributed by atoms with Gasteiger partial charge in [-0.25, -0.2) is 8.78 Å². The molecule has 2 aromatic carbocycles. The molecule has 7 heterocycles. The first kappa shape index (κ1) is 47.0. The van der Waals surface area contributed by atoms with E-state index in [-0.39, 0.29) is 45.8 Å². The third kappa shape index (κ3) is 8.88. The first-order valence-corrected chi connectivity index (χ1v) is 25.9. The highest BCUT2D eigenvalue weighted by Gasteiger charge is 2.51. The molecule has 2 aliphatic carbocycles. The maximum atomic E-state index is 17.3. The van der Waals surface area contributed by atoms with Crippen molar-refractivity contribution >= 4 is 45.5 Å². The van der Waals surface area contributed by atoms with Gasteiger partial charge in [-0.3, -0.25) is 20.2 Å². The van der Waals surface area contributed by atoms with Gasteiger partial charge in [0.2, 0.25) is 5.91 Å². The number of amides is 1. The zero-order chi connectivity index (χ0) is 48.5. The fraction of sp³-hybridized carbons (Fsp3) is 0.564. The zero-order valence-corrected chi connectivity index (χ0v) is 41.4. The largest absolute Gasteiger partial charge is 0.463 e. The molecule has 13 nitrogen and oxygen atoms in total. The minimum absolute atomic E-state index is 0.0174. The first-order valence-electron chi connectivity index (χ1n) is 25.9. The predicted molar refractivity (Wildman–Crippen MR) is 270 cm³/mol. The van der Waals surface area contributed by atoms with Crippen LogP contribution in [0.2, 0.25) is 0 Å². The lowest BCUT2D eigenvalue weighted by atomic mass is 9.59. The number of aromatic nitrogens is 3. The number of amidine groups is 1. The molecule has 1 unspecified atom stereocenters. The predicted octanol–water partition coefficient (Wildman–Crippen LogP) is 9.11. The molecule has 370 valence electrons. The normalized spacial score (nSPS) is 24.2. The Morgan fingerprint density at radius 1 is 1.04 bits per heavy atom. The number of hydrogen-bond donors (Lipinski definition) is 2. The lowest BCUT2D eigenvalue weighted by molar-refractivity contribution is -0.151. The van der Waals surface area contributed by atoms with Gasteiger partial charge < -0.3 is 29.5 Å². The van der Waals surface area contributed by atoms with Gasteiger partial charge in [-0.1, -0.05) is 25.6 Å². The van der Waals surface area contributed by atoms with Crippen molar-refractivity contribution in [3.63, 3.8) is 0 Å². The number of hydrazone groups is 1. The monoisotopic (exact) mass is 955 g/mol. The van der Waals surface area contributed by atoms with Gasteiger partial charge >= 0.3 is 6.01 Å². The number of pyridine rings is 1. The number of carbonyl (C=O) groups excluding carboxylic acids is 1. The number of ether oxygens (including phenoxy) is 2. The van der Waals surface area contributed by atoms with Crippen LogP contribution in [-0.4, -0.2) is 124 Å². The van der Waals surface area contributed by atoms with Crippen molar-refractivity contribution in [2.45, 2.75) is 122 Å². The SMILES string of the molecule is C=C1C=C(C2CCN(C3CC4(CCN(CC5(COc6nc(N7CCC[C@]8(CCO8)C7)c7cnc(-c8cc(C)cc9ccc(F)c(CC)c89)c(F)c7n6)CC5)CC4)C3)CC2)C=NN1C(C)C(=O)NC(C)=N. The molecule has 2 spiro atoms. The summed E-state index contributed by atoms with van der Waals surface area (Å²) in [5, 5.41) is 18.5. The number of benzene rings is 2. The van der Waals surface area contributed by atoms with Gasteiger partial charge in [0, 0.05) is 49.3 Å². The highest BCUT2D eigenvalue weighted by atomic mass is 19.1. The van der Waals surface area contributed by atoms with Gasteiger partial charge in [-0.2, -0.15) is 15.1 Å². The number of carbonyl (C=O) groups is 1. The molecular formula is C55H68F2N10O3. The van der Waals surface area contributed by atoms with Crippen LogP contribution in [0.3, 0.4) is 0 Å². The summed E-state index contributed by atoms with van der Waals surface area (Å²) in [7, 11) is 0. The molecule has 4 saturated heterocycles. The number of likely N-dealkylation sites (tertiary alicyclic amines) is 2. The lowest BCUT2D eigenvalue weighted by Gasteiger charge is -2.56. The maximum absolute atomic E-state index is 17.3. The smallest absolute Gasteiger partial charge is 0.319 e. The zero-order valence-electron chi connectivity index (χ0n) is 41.4. The van der Waals surface area contributed by atoms with E-state index >= 15 is 8.78 Å². The van der Waals surface area contributed by atoms with Crippen molar-refractivity contribution in [3.8, 4) is 17.3 Å². The Morgan fingerprint density at radius 2 is 1.81 bits per heavy atom. The van der Waals surface area contributed by atoms with Gasteiger partial charge in [-0.05, 0) is 175 Å². The Kier molecular flexibility index (Phi) is 12.3. The molecule has 4 aromatic rings. The second kappa shape index (κ2) is 18.3. The third-order valence-electron chi connectivity index (χ3n) is 17.2. The van der Waals surface area contributed by atoms with Crippen molar-refractivity contribution in [2.75, 3.05) is 63.9 Å². The number of hydrogen-bond acceptors (Lipinski definition) is 12. The van der Waals surface area contributed by atoms with Gasteiger partial charge in [0.25, 0.3) is 0 Å². The minimum atomic E-state index is -0.552. The number of aryl methyl sites for hydroxylation is 2. The maximum Gasteiger partial charge on any atom is 0.319 e. The molecule has 0 bridgehead atoms. The van der Waals surface area contributed by atoms with Crippen LogP contribution < -0.4 is 15.0 Å². The number of rotatable bonds is 12. The van der Waals surface area contributed by atoms with Crippen LogP contribution >= 0.6 is 0 Å². The molecule has 7 aliphatic rings. The summed E-state index contributed by atoms with van der Waals surface area (Å²) >= 11 is 0. The van der Waals surface area contributed by atoms with Crippen LogP contribution in [0.15, 0.2) is 59.5 Å². The van der Waals surface area contributed by atoms with Crippen molar-refractivity contribution in [1.82, 2.24) is 35.1 Å². The van der Waals surface area contributed by atoms with E-state index in [1.807, 2.05) is 32.2 Å². The average molecular weight is 955 g/mol. The molecule has 2 atom stereocenters. The van der Waals surface area contributed by atoms with E-state index in [1.54, 1.807) is 31.1 Å². The summed E-state index contributed by atoms with van der Waals surface area (Å²) in [5.41, 5.74) is 4.51. The molecule has 6 fully saturated rings. The van der Waals surface area contributed by atoms with Crippen LogP contribution in [0.4, 0.5) is 14.6 Å². The number of piperidine rings is 3. The molecule has 15 heteroatoms. The molecule has 1 amide bonds. The van der Waals surface area contributed by atoms with Crippen molar-refractivity contribution < 1.29 is 23.0 Å². The second-order valence-corrected chi connectivity index (χ2v) is 22.1. The minimum Gasteiger partial charge on any atom is -0.463 e. The Bertz CT molecular complexity index is 2800. The number of halogens is 2. The summed E-state index contributed by atoms with van der Waals surface area (Å²) in [6, 6.07) is 7.46. The molecule has 11 rings (SSSR count). The van der Waals surface area contributed by atoms with Crippen LogP contribution in [-0.2, 0) is 16.0 Å². The van der Waals surface area contributed by atoms with E-state index in [4.69, 9.17) is 29.8 Å². The fourth-order valence-corrected chi connectivity index (χ4v) is 12.8. The van der Waals surface area contributed by atoms with E-state index in [9.17, 15) is 4.79 Å². The summed E-state index contributed by atoms with van der Waals surface area (Å²) in [4.78, 5) is 34.7. The average Bonchev–Trinajstić information content (AvgIpc) is 4.11. The molecular weight excluding hydrogens is 887 g/mol. The van der Waals surface area contributed by atoms with Crippen molar-refractivity contribution in [3.05, 3.63) is 77.1 Å².